The zero-order valence-corrected chi connectivity index (χ0v) is 16.1. The van der Waals surface area contributed by atoms with E-state index in [0.717, 1.165) is 19.6 Å². The highest BCUT2D eigenvalue weighted by atomic mass is 35.5. The van der Waals surface area contributed by atoms with E-state index >= 15 is 0 Å². The number of carbonyl (C=O) groups excluding carboxylic acids is 2. The third-order valence-electron chi connectivity index (χ3n) is 4.55. The maximum absolute atomic E-state index is 12.5. The van der Waals surface area contributed by atoms with Crippen LogP contribution in [0.25, 0.3) is 0 Å². The largest absolute Gasteiger partial charge is 0.462 e. The van der Waals surface area contributed by atoms with E-state index in [1.807, 2.05) is 24.3 Å². The summed E-state index contributed by atoms with van der Waals surface area (Å²) in [6.45, 7) is 5.24. The van der Waals surface area contributed by atoms with Gasteiger partial charge in [0.15, 0.2) is 0 Å². The molecule has 1 amide bonds. The van der Waals surface area contributed by atoms with Gasteiger partial charge in [0, 0.05) is 12.1 Å². The summed E-state index contributed by atoms with van der Waals surface area (Å²) in [4.78, 5) is 26.6. The smallest absolute Gasteiger partial charge is 0.338 e. The fraction of sp³-hybridized carbons (Fsp3) is 0.333. The molecule has 0 aromatic heterocycles. The van der Waals surface area contributed by atoms with Crippen LogP contribution in [0.2, 0.25) is 5.02 Å². The highest BCUT2D eigenvalue weighted by Gasteiger charge is 2.14. The molecule has 5 nitrogen and oxygen atoms in total. The highest BCUT2D eigenvalue weighted by Crippen LogP contribution is 2.24. The van der Waals surface area contributed by atoms with Crippen molar-refractivity contribution >= 4 is 29.2 Å². The lowest BCUT2D eigenvalue weighted by Crippen LogP contribution is -2.18. The Labute approximate surface area is 164 Å². The summed E-state index contributed by atoms with van der Waals surface area (Å²) in [6.07, 6.45) is 2.52. The predicted molar refractivity (Wildman–Crippen MR) is 106 cm³/mol. The molecule has 1 N–H and O–H groups in total. The summed E-state index contributed by atoms with van der Waals surface area (Å²) in [5, 5.41) is 3.08. The second kappa shape index (κ2) is 9.02. The number of benzene rings is 2. The molecule has 1 saturated heterocycles. The van der Waals surface area contributed by atoms with Gasteiger partial charge in [-0.25, -0.2) is 4.79 Å². The first kappa shape index (κ1) is 19.4. The van der Waals surface area contributed by atoms with Crippen LogP contribution in [0.15, 0.2) is 42.5 Å². The van der Waals surface area contributed by atoms with Crippen LogP contribution in [0.5, 0.6) is 0 Å². The molecule has 27 heavy (non-hydrogen) atoms. The van der Waals surface area contributed by atoms with Crippen LogP contribution in [-0.4, -0.2) is 36.5 Å². The van der Waals surface area contributed by atoms with E-state index in [2.05, 4.69) is 10.2 Å². The van der Waals surface area contributed by atoms with Crippen molar-refractivity contribution in [1.82, 2.24) is 4.90 Å². The number of anilines is 1. The summed E-state index contributed by atoms with van der Waals surface area (Å²) in [5.41, 5.74) is 2.57. The van der Waals surface area contributed by atoms with Crippen LogP contribution in [0.4, 0.5) is 5.69 Å². The molecule has 0 aliphatic carbocycles. The summed E-state index contributed by atoms with van der Waals surface area (Å²) in [7, 11) is 0. The molecule has 0 atom stereocenters. The molecule has 0 unspecified atom stereocenters. The normalized spacial score (nSPS) is 14.1. The fourth-order valence-corrected chi connectivity index (χ4v) is 3.34. The Morgan fingerprint density at radius 3 is 2.37 bits per heavy atom. The molecule has 1 heterocycles. The number of esters is 1. The van der Waals surface area contributed by atoms with Crippen molar-refractivity contribution in [2.75, 3.05) is 25.0 Å². The summed E-state index contributed by atoms with van der Waals surface area (Å²) >= 11 is 6.20. The zero-order chi connectivity index (χ0) is 19.2. The van der Waals surface area contributed by atoms with E-state index in [0.29, 0.717) is 28.4 Å². The van der Waals surface area contributed by atoms with Crippen molar-refractivity contribution in [3.63, 3.8) is 0 Å². The Bertz CT molecular complexity index is 815. The summed E-state index contributed by atoms with van der Waals surface area (Å²) in [5.74, 6) is -0.681. The number of hydrogen-bond donors (Lipinski definition) is 1. The number of nitrogens with zero attached hydrogens (tertiary/aromatic N) is 1. The lowest BCUT2D eigenvalue weighted by Gasteiger charge is -2.14. The third-order valence-corrected chi connectivity index (χ3v) is 4.86. The second-order valence-electron chi connectivity index (χ2n) is 6.55. The first-order chi connectivity index (χ1) is 13.1. The van der Waals surface area contributed by atoms with Crippen LogP contribution < -0.4 is 5.32 Å². The molecule has 1 aliphatic heterocycles. The van der Waals surface area contributed by atoms with Crippen molar-refractivity contribution in [3.8, 4) is 0 Å². The zero-order valence-electron chi connectivity index (χ0n) is 15.3. The monoisotopic (exact) mass is 386 g/mol. The Morgan fingerprint density at radius 1 is 1.07 bits per heavy atom. The Balaban J connectivity index is 1.63. The van der Waals surface area contributed by atoms with E-state index < -0.39 is 5.97 Å². The van der Waals surface area contributed by atoms with Crippen LogP contribution in [0.3, 0.4) is 0 Å². The van der Waals surface area contributed by atoms with Crippen LogP contribution in [0, 0.1) is 0 Å². The SMILES string of the molecule is CCOC(=O)c1ccc(NC(=O)c2ccc(CN3CCCC3)cc2)c(Cl)c1. The van der Waals surface area contributed by atoms with E-state index in [-0.39, 0.29) is 5.91 Å². The molecule has 2 aromatic carbocycles. The van der Waals surface area contributed by atoms with Crippen molar-refractivity contribution in [2.24, 2.45) is 0 Å². The van der Waals surface area contributed by atoms with Crippen molar-refractivity contribution in [3.05, 3.63) is 64.2 Å². The molecular weight excluding hydrogens is 364 g/mol. The molecule has 3 rings (SSSR count). The van der Waals surface area contributed by atoms with Crippen molar-refractivity contribution in [2.45, 2.75) is 26.3 Å². The number of nitrogens with one attached hydrogen (secondary N) is 1. The second-order valence-corrected chi connectivity index (χ2v) is 6.96. The molecule has 0 radical (unpaired) electrons. The van der Waals surface area contributed by atoms with Crippen LogP contribution in [0.1, 0.15) is 46.0 Å². The lowest BCUT2D eigenvalue weighted by atomic mass is 10.1. The van der Waals surface area contributed by atoms with Gasteiger partial charge in [-0.15, -0.1) is 0 Å². The first-order valence-corrected chi connectivity index (χ1v) is 9.54. The minimum Gasteiger partial charge on any atom is -0.462 e. The molecule has 1 aliphatic rings. The van der Waals surface area contributed by atoms with Gasteiger partial charge < -0.3 is 10.1 Å². The van der Waals surface area contributed by atoms with Crippen molar-refractivity contribution in [1.29, 1.82) is 0 Å². The Morgan fingerprint density at radius 2 is 1.74 bits per heavy atom. The highest BCUT2D eigenvalue weighted by molar-refractivity contribution is 6.34. The molecule has 0 saturated carbocycles. The number of likely N-dealkylation sites (tertiary alicyclic amines) is 1. The quantitative estimate of drug-likeness (QED) is 0.749. The molecule has 1 fully saturated rings. The average Bonchev–Trinajstić information content (AvgIpc) is 3.17. The number of ether oxygens (including phenoxy) is 1. The van der Waals surface area contributed by atoms with Gasteiger partial charge in [0.05, 0.1) is 22.9 Å². The number of carbonyl (C=O) groups is 2. The van der Waals surface area contributed by atoms with Gasteiger partial charge in [-0.1, -0.05) is 23.7 Å². The maximum Gasteiger partial charge on any atom is 0.338 e. The number of halogens is 1. The molecule has 0 spiro atoms. The predicted octanol–water partition coefficient (Wildman–Crippen LogP) is 4.36. The molecular formula is C21H23ClN2O3. The number of amides is 1. The standard InChI is InChI=1S/C21H23ClN2O3/c1-2-27-21(26)17-9-10-19(18(22)13-17)23-20(25)16-7-5-15(6-8-16)14-24-11-3-4-12-24/h5-10,13H,2-4,11-12,14H2,1H3,(H,23,25). The van der Waals surface area contributed by atoms with E-state index in [4.69, 9.17) is 16.3 Å². The Hall–Kier alpha value is -2.37. The average molecular weight is 387 g/mol. The topological polar surface area (TPSA) is 58.6 Å². The van der Waals surface area contributed by atoms with E-state index in [1.165, 1.54) is 24.5 Å². The summed E-state index contributed by atoms with van der Waals surface area (Å²) < 4.78 is 4.94. The van der Waals surface area contributed by atoms with Gasteiger partial charge in [-0.2, -0.15) is 0 Å². The molecule has 2 aromatic rings. The molecule has 6 heteroatoms. The third kappa shape index (κ3) is 5.08. The lowest BCUT2D eigenvalue weighted by molar-refractivity contribution is 0.0526. The van der Waals surface area contributed by atoms with Crippen LogP contribution >= 0.6 is 11.6 Å². The van der Waals surface area contributed by atoms with Gasteiger partial charge in [0.2, 0.25) is 0 Å². The van der Waals surface area contributed by atoms with E-state index in [9.17, 15) is 9.59 Å². The van der Waals surface area contributed by atoms with Gasteiger partial charge in [0.1, 0.15) is 0 Å². The minimum absolute atomic E-state index is 0.242. The van der Waals surface area contributed by atoms with Crippen LogP contribution in [-0.2, 0) is 11.3 Å². The summed E-state index contributed by atoms with van der Waals surface area (Å²) in [6, 6.07) is 12.3. The van der Waals surface area contributed by atoms with Gasteiger partial charge in [0.25, 0.3) is 5.91 Å². The van der Waals surface area contributed by atoms with Gasteiger partial charge in [-0.3, -0.25) is 9.69 Å². The van der Waals surface area contributed by atoms with Gasteiger partial charge in [-0.05, 0) is 68.8 Å². The first-order valence-electron chi connectivity index (χ1n) is 9.16. The van der Waals surface area contributed by atoms with Gasteiger partial charge >= 0.3 is 5.97 Å². The number of hydrogen-bond acceptors (Lipinski definition) is 4. The van der Waals surface area contributed by atoms with E-state index in [1.54, 1.807) is 19.1 Å². The maximum atomic E-state index is 12.5. The molecule has 0 bridgehead atoms. The number of rotatable bonds is 6. The van der Waals surface area contributed by atoms with Crippen molar-refractivity contribution < 1.29 is 14.3 Å². The fourth-order valence-electron chi connectivity index (χ4n) is 3.11. The Kier molecular flexibility index (Phi) is 6.48. The molecule has 142 valence electrons. The minimum atomic E-state index is -0.439.